The molecular formula is C15H15FN4O2S. The van der Waals surface area contributed by atoms with E-state index in [1.807, 2.05) is 30.3 Å². The molecule has 0 aliphatic heterocycles. The van der Waals surface area contributed by atoms with Crippen LogP contribution in [0.5, 0.6) is 0 Å². The van der Waals surface area contributed by atoms with Crippen molar-refractivity contribution in [3.8, 4) is 0 Å². The van der Waals surface area contributed by atoms with Crippen molar-refractivity contribution >= 4 is 15.7 Å². The zero-order chi connectivity index (χ0) is 16.9. The highest BCUT2D eigenvalue weighted by molar-refractivity contribution is 7.92. The van der Waals surface area contributed by atoms with Crippen LogP contribution in [0, 0.1) is 5.82 Å². The second kappa shape index (κ2) is 7.13. The van der Waals surface area contributed by atoms with E-state index in [0.29, 0.717) is 12.0 Å². The number of halogens is 1. The summed E-state index contributed by atoms with van der Waals surface area (Å²) in [4.78, 5) is 2.81. The second-order valence-electron chi connectivity index (χ2n) is 5.02. The van der Waals surface area contributed by atoms with Crippen molar-refractivity contribution in [3.05, 3.63) is 75.9 Å². The largest absolute Gasteiger partial charge is 0.281 e. The third-order valence-electron chi connectivity index (χ3n) is 3.14. The van der Waals surface area contributed by atoms with E-state index >= 15 is 0 Å². The molecule has 1 N–H and O–H groups in total. The molecule has 0 aromatic heterocycles. The lowest BCUT2D eigenvalue weighted by molar-refractivity contribution is 0.602. The first kappa shape index (κ1) is 16.8. The van der Waals surface area contributed by atoms with Gasteiger partial charge in [-0.3, -0.25) is 4.72 Å². The average Bonchev–Trinajstić information content (AvgIpc) is 2.49. The van der Waals surface area contributed by atoms with Crippen LogP contribution >= 0.6 is 0 Å². The summed E-state index contributed by atoms with van der Waals surface area (Å²) in [6, 6.07) is 12.8. The molecular weight excluding hydrogens is 319 g/mol. The number of nitrogens with one attached hydrogen (secondary N) is 1. The second-order valence-corrected chi connectivity index (χ2v) is 6.77. The van der Waals surface area contributed by atoms with E-state index in [1.165, 1.54) is 12.1 Å². The molecule has 1 atom stereocenters. The first-order valence-corrected chi connectivity index (χ1v) is 8.63. The molecule has 0 aliphatic rings. The van der Waals surface area contributed by atoms with Gasteiger partial charge in [0.2, 0.25) is 10.0 Å². The van der Waals surface area contributed by atoms with Gasteiger partial charge in [-0.05, 0) is 35.2 Å². The van der Waals surface area contributed by atoms with Crippen molar-refractivity contribution < 1.29 is 12.8 Å². The highest BCUT2D eigenvalue weighted by Crippen LogP contribution is 2.26. The SMILES string of the molecule is CS(=O)(=O)Nc1ccc(C(Cc2ccccc2)N=[N+]=[N-])cc1F. The molecule has 120 valence electrons. The first-order chi connectivity index (χ1) is 10.9. The predicted molar refractivity (Wildman–Crippen MR) is 86.9 cm³/mol. The van der Waals surface area contributed by atoms with Crippen molar-refractivity contribution in [1.29, 1.82) is 0 Å². The third-order valence-corrected chi connectivity index (χ3v) is 3.73. The molecule has 23 heavy (non-hydrogen) atoms. The zero-order valence-electron chi connectivity index (χ0n) is 12.3. The van der Waals surface area contributed by atoms with Gasteiger partial charge in [0.1, 0.15) is 5.82 Å². The lowest BCUT2D eigenvalue weighted by atomic mass is 9.99. The van der Waals surface area contributed by atoms with E-state index in [-0.39, 0.29) is 5.69 Å². The van der Waals surface area contributed by atoms with Crippen molar-refractivity contribution in [1.82, 2.24) is 0 Å². The van der Waals surface area contributed by atoms with Crippen LogP contribution in [0.3, 0.4) is 0 Å². The van der Waals surface area contributed by atoms with Crippen molar-refractivity contribution in [2.75, 3.05) is 11.0 Å². The van der Waals surface area contributed by atoms with Crippen LogP contribution in [-0.4, -0.2) is 14.7 Å². The number of benzene rings is 2. The number of azide groups is 1. The number of hydrogen-bond acceptors (Lipinski definition) is 3. The molecule has 2 aromatic rings. The Hall–Kier alpha value is -2.57. The summed E-state index contributed by atoms with van der Waals surface area (Å²) < 4.78 is 38.5. The Kier molecular flexibility index (Phi) is 5.20. The van der Waals surface area contributed by atoms with Crippen LogP contribution < -0.4 is 4.72 Å². The first-order valence-electron chi connectivity index (χ1n) is 6.74. The van der Waals surface area contributed by atoms with E-state index in [1.54, 1.807) is 6.07 Å². The van der Waals surface area contributed by atoms with Crippen molar-refractivity contribution in [2.24, 2.45) is 5.11 Å². The van der Waals surface area contributed by atoms with E-state index < -0.39 is 21.9 Å². The summed E-state index contributed by atoms with van der Waals surface area (Å²) in [5.41, 5.74) is 10.0. The van der Waals surface area contributed by atoms with Gasteiger partial charge in [0, 0.05) is 4.91 Å². The van der Waals surface area contributed by atoms with Gasteiger partial charge in [-0.1, -0.05) is 41.5 Å². The monoisotopic (exact) mass is 334 g/mol. The molecule has 8 heteroatoms. The Morgan fingerprint density at radius 1 is 1.26 bits per heavy atom. The fourth-order valence-electron chi connectivity index (χ4n) is 2.15. The van der Waals surface area contributed by atoms with Crippen LogP contribution in [0.2, 0.25) is 0 Å². The van der Waals surface area contributed by atoms with Gasteiger partial charge in [-0.25, -0.2) is 12.8 Å². The van der Waals surface area contributed by atoms with Crippen LogP contribution in [0.4, 0.5) is 10.1 Å². The Balaban J connectivity index is 2.29. The fourth-order valence-corrected chi connectivity index (χ4v) is 2.71. The molecule has 0 radical (unpaired) electrons. The van der Waals surface area contributed by atoms with Crippen LogP contribution in [0.1, 0.15) is 17.2 Å². The van der Waals surface area contributed by atoms with Gasteiger partial charge in [0.05, 0.1) is 18.0 Å². The lowest BCUT2D eigenvalue weighted by Gasteiger charge is -2.13. The van der Waals surface area contributed by atoms with Crippen LogP contribution in [0.15, 0.2) is 53.6 Å². The summed E-state index contributed by atoms with van der Waals surface area (Å²) in [7, 11) is -3.56. The van der Waals surface area contributed by atoms with E-state index in [9.17, 15) is 12.8 Å². The smallest absolute Gasteiger partial charge is 0.229 e. The molecule has 6 nitrogen and oxygen atoms in total. The summed E-state index contributed by atoms with van der Waals surface area (Å²) in [6.45, 7) is 0. The number of hydrogen-bond donors (Lipinski definition) is 1. The molecule has 0 heterocycles. The Morgan fingerprint density at radius 3 is 2.52 bits per heavy atom. The standard InChI is InChI=1S/C15H15FN4O2S/c1-23(21,22)19-14-8-7-12(10-13(14)16)15(18-20-17)9-11-5-3-2-4-6-11/h2-8,10,15,19H,9H2,1H3. The summed E-state index contributed by atoms with van der Waals surface area (Å²) in [5, 5.41) is 3.71. The van der Waals surface area contributed by atoms with E-state index in [4.69, 9.17) is 5.53 Å². The normalized spacial score (nSPS) is 12.3. The van der Waals surface area contributed by atoms with Gasteiger partial charge in [-0.2, -0.15) is 0 Å². The van der Waals surface area contributed by atoms with Gasteiger partial charge in [0.25, 0.3) is 0 Å². The quantitative estimate of drug-likeness (QED) is 0.494. The Bertz CT molecular complexity index is 834. The van der Waals surface area contributed by atoms with Gasteiger partial charge >= 0.3 is 0 Å². The topological polar surface area (TPSA) is 94.9 Å². The number of nitrogens with zero attached hydrogens (tertiary/aromatic N) is 3. The van der Waals surface area contributed by atoms with Crippen molar-refractivity contribution in [3.63, 3.8) is 0 Å². The number of sulfonamides is 1. The summed E-state index contributed by atoms with van der Waals surface area (Å²) >= 11 is 0. The molecule has 0 saturated heterocycles. The highest BCUT2D eigenvalue weighted by atomic mass is 32.2. The maximum Gasteiger partial charge on any atom is 0.229 e. The molecule has 2 rings (SSSR count). The van der Waals surface area contributed by atoms with Gasteiger partial charge in [-0.15, -0.1) is 0 Å². The lowest BCUT2D eigenvalue weighted by Crippen LogP contribution is -2.11. The van der Waals surface area contributed by atoms with Crippen molar-refractivity contribution in [2.45, 2.75) is 12.5 Å². The molecule has 0 bridgehead atoms. The fraction of sp³-hybridized carbons (Fsp3) is 0.200. The zero-order valence-corrected chi connectivity index (χ0v) is 13.2. The average molecular weight is 334 g/mol. The molecule has 0 fully saturated rings. The van der Waals surface area contributed by atoms with E-state index in [0.717, 1.165) is 11.8 Å². The van der Waals surface area contributed by atoms with Gasteiger partial charge in [0.15, 0.2) is 0 Å². The molecule has 0 saturated carbocycles. The molecule has 1 unspecified atom stereocenters. The Morgan fingerprint density at radius 2 is 1.96 bits per heavy atom. The van der Waals surface area contributed by atoms with Crippen LogP contribution in [-0.2, 0) is 16.4 Å². The Labute approximate surface area is 133 Å². The minimum absolute atomic E-state index is 0.143. The number of rotatable bonds is 6. The summed E-state index contributed by atoms with van der Waals surface area (Å²) in [5.74, 6) is -0.723. The highest BCUT2D eigenvalue weighted by Gasteiger charge is 2.14. The maximum atomic E-state index is 14.1. The van der Waals surface area contributed by atoms with E-state index in [2.05, 4.69) is 14.7 Å². The molecule has 0 aliphatic carbocycles. The number of anilines is 1. The molecule has 2 aromatic carbocycles. The van der Waals surface area contributed by atoms with Gasteiger partial charge < -0.3 is 0 Å². The predicted octanol–water partition coefficient (Wildman–Crippen LogP) is 3.79. The van der Waals surface area contributed by atoms with Crippen LogP contribution in [0.25, 0.3) is 10.4 Å². The minimum atomic E-state index is -3.56. The summed E-state index contributed by atoms with van der Waals surface area (Å²) in [6.07, 6.45) is 1.36. The maximum absolute atomic E-state index is 14.1. The molecule has 0 spiro atoms. The third kappa shape index (κ3) is 4.98. The molecule has 0 amide bonds. The minimum Gasteiger partial charge on any atom is -0.281 e.